The Bertz CT molecular complexity index is 654. The van der Waals surface area contributed by atoms with Gasteiger partial charge in [-0.1, -0.05) is 31.5 Å². The fourth-order valence-electron chi connectivity index (χ4n) is 1.77. The normalized spacial score (nSPS) is 12.8. The molecule has 0 aromatic heterocycles. The molecule has 0 aliphatic heterocycles. The predicted octanol–water partition coefficient (Wildman–Crippen LogP) is 3.19. The van der Waals surface area contributed by atoms with Gasteiger partial charge in [0.25, 0.3) is 0 Å². The summed E-state index contributed by atoms with van der Waals surface area (Å²) in [5.74, 6) is -0.361. The van der Waals surface area contributed by atoms with Crippen LogP contribution in [0.2, 0.25) is 0 Å². The van der Waals surface area contributed by atoms with Crippen molar-refractivity contribution in [1.82, 2.24) is 0 Å². The number of aryl methyl sites for hydroxylation is 1. The first-order chi connectivity index (χ1) is 10.2. The van der Waals surface area contributed by atoms with Crippen LogP contribution in [0.1, 0.15) is 32.8 Å². The van der Waals surface area contributed by atoms with Crippen molar-refractivity contribution in [3.8, 4) is 0 Å². The molecule has 0 heterocycles. The van der Waals surface area contributed by atoms with Crippen LogP contribution in [0.15, 0.2) is 40.5 Å². The molecule has 122 valence electrons. The maximum absolute atomic E-state index is 12.3. The molecular weight excluding hydrogens is 304 g/mol. The van der Waals surface area contributed by atoms with E-state index in [1.165, 1.54) is 26.2 Å². The Kier molecular flexibility index (Phi) is 6.17. The lowest BCUT2D eigenvalue weighted by Gasteiger charge is -2.15. The van der Waals surface area contributed by atoms with Crippen LogP contribution in [0.25, 0.3) is 0 Å². The second-order valence-corrected chi connectivity index (χ2v) is 7.03. The zero-order chi connectivity index (χ0) is 16.9. The van der Waals surface area contributed by atoms with Gasteiger partial charge in [-0.05, 0) is 31.9 Å². The van der Waals surface area contributed by atoms with Crippen molar-refractivity contribution in [3.05, 3.63) is 41.2 Å². The van der Waals surface area contributed by atoms with Crippen molar-refractivity contribution in [2.45, 2.75) is 39.0 Å². The van der Waals surface area contributed by atoms with Crippen LogP contribution in [0.3, 0.4) is 0 Å². The van der Waals surface area contributed by atoms with E-state index in [9.17, 15) is 13.2 Å². The quantitative estimate of drug-likeness (QED) is 0.347. The minimum Gasteiger partial charge on any atom is -0.466 e. The maximum atomic E-state index is 12.3. The number of methoxy groups -OCH3 is 1. The summed E-state index contributed by atoms with van der Waals surface area (Å²) in [5, 5.41) is 0. The van der Waals surface area contributed by atoms with Gasteiger partial charge in [0.15, 0.2) is 0 Å². The molecule has 0 saturated heterocycles. The van der Waals surface area contributed by atoms with Crippen LogP contribution >= 0.6 is 0 Å². The minimum absolute atomic E-state index is 0.0528. The third-order valence-corrected chi connectivity index (χ3v) is 4.29. The Labute approximate surface area is 132 Å². The van der Waals surface area contributed by atoms with Crippen molar-refractivity contribution in [2.24, 2.45) is 5.92 Å². The first kappa shape index (κ1) is 18.2. The standard InChI is InChI=1S/C16H22O5S/c1-11(2)10-15(13(4)16(17)20-5)21-22(18,19)14-8-6-12(3)7-9-14/h6-9,11H,10H2,1-5H3/b15-13-. The average Bonchev–Trinajstić information content (AvgIpc) is 2.44. The van der Waals surface area contributed by atoms with Gasteiger partial charge in [0, 0.05) is 6.42 Å². The molecule has 0 amide bonds. The Balaban J connectivity index is 3.18. The molecule has 0 N–H and O–H groups in total. The molecule has 1 rings (SSSR count). The minimum atomic E-state index is -3.97. The molecule has 6 heteroatoms. The number of allylic oxidation sites excluding steroid dienone is 1. The average molecular weight is 326 g/mol. The molecule has 0 aliphatic rings. The molecule has 0 saturated carbocycles. The van der Waals surface area contributed by atoms with Crippen molar-refractivity contribution < 1.29 is 22.1 Å². The number of benzene rings is 1. The van der Waals surface area contributed by atoms with E-state index < -0.39 is 16.1 Å². The summed E-state index contributed by atoms with van der Waals surface area (Å²) in [5.41, 5.74) is 1.11. The summed E-state index contributed by atoms with van der Waals surface area (Å²) in [6.45, 7) is 7.18. The van der Waals surface area contributed by atoms with Gasteiger partial charge in [-0.3, -0.25) is 0 Å². The number of hydrogen-bond donors (Lipinski definition) is 0. The highest BCUT2D eigenvalue weighted by Gasteiger charge is 2.22. The van der Waals surface area contributed by atoms with Crippen LogP contribution in [0.5, 0.6) is 0 Å². The van der Waals surface area contributed by atoms with Gasteiger partial charge >= 0.3 is 16.1 Å². The molecule has 0 radical (unpaired) electrons. The Morgan fingerprint density at radius 3 is 2.18 bits per heavy atom. The van der Waals surface area contributed by atoms with E-state index in [-0.39, 0.29) is 22.1 Å². The summed E-state index contributed by atoms with van der Waals surface area (Å²) in [6.07, 6.45) is 0.325. The maximum Gasteiger partial charge on any atom is 0.338 e. The van der Waals surface area contributed by atoms with Crippen LogP contribution < -0.4 is 0 Å². The third kappa shape index (κ3) is 4.87. The summed E-state index contributed by atoms with van der Waals surface area (Å²) in [6, 6.07) is 6.33. The molecule has 0 fully saturated rings. The number of carbonyl (C=O) groups excluding carboxylic acids is 1. The van der Waals surface area contributed by atoms with Crippen molar-refractivity contribution in [3.63, 3.8) is 0 Å². The van der Waals surface area contributed by atoms with E-state index in [0.29, 0.717) is 6.42 Å². The van der Waals surface area contributed by atoms with Gasteiger partial charge in [0.05, 0.1) is 12.7 Å². The molecule has 5 nitrogen and oxygen atoms in total. The highest BCUT2D eigenvalue weighted by molar-refractivity contribution is 7.86. The summed E-state index contributed by atoms with van der Waals surface area (Å²) >= 11 is 0. The lowest BCUT2D eigenvalue weighted by molar-refractivity contribution is -0.136. The fraction of sp³-hybridized carbons (Fsp3) is 0.438. The number of hydrogen-bond acceptors (Lipinski definition) is 5. The number of ether oxygens (including phenoxy) is 1. The molecule has 1 aromatic rings. The largest absolute Gasteiger partial charge is 0.466 e. The van der Waals surface area contributed by atoms with E-state index in [1.807, 2.05) is 20.8 Å². The van der Waals surface area contributed by atoms with Gasteiger partial charge in [-0.2, -0.15) is 8.42 Å². The molecule has 1 aromatic carbocycles. The Hall–Kier alpha value is -1.82. The highest BCUT2D eigenvalue weighted by Crippen LogP contribution is 2.23. The fourth-order valence-corrected chi connectivity index (χ4v) is 2.80. The molecule has 0 spiro atoms. The van der Waals surface area contributed by atoms with Gasteiger partial charge in [-0.25, -0.2) is 4.79 Å². The summed E-state index contributed by atoms with van der Waals surface area (Å²) in [4.78, 5) is 11.7. The van der Waals surface area contributed by atoms with Gasteiger partial charge in [-0.15, -0.1) is 0 Å². The van der Waals surface area contributed by atoms with E-state index in [1.54, 1.807) is 12.1 Å². The predicted molar refractivity (Wildman–Crippen MR) is 83.6 cm³/mol. The van der Waals surface area contributed by atoms with Gasteiger partial charge in [0.1, 0.15) is 10.7 Å². The summed E-state index contributed by atoms with van der Waals surface area (Å²) in [7, 11) is -2.73. The van der Waals surface area contributed by atoms with Crippen molar-refractivity contribution in [2.75, 3.05) is 7.11 Å². The first-order valence-corrected chi connectivity index (χ1v) is 8.37. The van der Waals surface area contributed by atoms with Gasteiger partial charge < -0.3 is 8.92 Å². The second-order valence-electron chi connectivity index (χ2n) is 5.49. The Morgan fingerprint density at radius 1 is 1.18 bits per heavy atom. The molecule has 0 atom stereocenters. The van der Waals surface area contributed by atoms with E-state index >= 15 is 0 Å². The topological polar surface area (TPSA) is 69.7 Å². The molecule has 0 unspecified atom stereocenters. The number of rotatable bonds is 6. The lowest BCUT2D eigenvalue weighted by atomic mass is 10.1. The molecule has 22 heavy (non-hydrogen) atoms. The highest BCUT2D eigenvalue weighted by atomic mass is 32.2. The van der Waals surface area contributed by atoms with E-state index in [2.05, 4.69) is 4.74 Å². The molecule has 0 bridgehead atoms. The zero-order valence-electron chi connectivity index (χ0n) is 13.5. The van der Waals surface area contributed by atoms with Gasteiger partial charge in [0.2, 0.25) is 0 Å². The van der Waals surface area contributed by atoms with E-state index in [4.69, 9.17) is 4.18 Å². The van der Waals surface area contributed by atoms with Crippen molar-refractivity contribution in [1.29, 1.82) is 0 Å². The molecule has 0 aliphatic carbocycles. The van der Waals surface area contributed by atoms with Crippen LogP contribution in [-0.4, -0.2) is 21.5 Å². The lowest BCUT2D eigenvalue weighted by Crippen LogP contribution is -2.13. The van der Waals surface area contributed by atoms with E-state index in [0.717, 1.165) is 5.56 Å². The smallest absolute Gasteiger partial charge is 0.338 e. The third-order valence-electron chi connectivity index (χ3n) is 3.02. The van der Waals surface area contributed by atoms with Crippen LogP contribution in [0, 0.1) is 12.8 Å². The van der Waals surface area contributed by atoms with Crippen molar-refractivity contribution >= 4 is 16.1 Å². The SMILES string of the molecule is COC(=O)/C(C)=C(/CC(C)C)OS(=O)(=O)c1ccc(C)cc1. The van der Waals surface area contributed by atoms with Crippen LogP contribution in [-0.2, 0) is 23.8 Å². The monoisotopic (exact) mass is 326 g/mol. The zero-order valence-corrected chi connectivity index (χ0v) is 14.4. The summed E-state index contributed by atoms with van der Waals surface area (Å²) < 4.78 is 34.5. The molecular formula is C16H22O5S. The van der Waals surface area contributed by atoms with Crippen LogP contribution in [0.4, 0.5) is 0 Å². The number of carbonyl (C=O) groups is 1. The second kappa shape index (κ2) is 7.45. The first-order valence-electron chi connectivity index (χ1n) is 6.96. The Morgan fingerprint density at radius 2 is 1.73 bits per heavy atom. The number of esters is 1.